The molecule has 1 rings (SSSR count). The van der Waals surface area contributed by atoms with Crippen molar-refractivity contribution in [3.05, 3.63) is 17.8 Å². The van der Waals surface area contributed by atoms with Crippen LogP contribution in [0, 0.1) is 11.3 Å². The highest BCUT2D eigenvalue weighted by Crippen LogP contribution is 2.22. The van der Waals surface area contributed by atoms with Crippen LogP contribution in [-0.2, 0) is 0 Å². The van der Waals surface area contributed by atoms with Crippen molar-refractivity contribution in [1.82, 2.24) is 4.98 Å². The standard InChI is InChI=1S/C11H16N4/c1-4-15(8(2)3)11-10(13)5-9(6-12)7-14-11/h5,7-8H,4,13H2,1-3H3. The molecule has 0 amide bonds. The largest absolute Gasteiger partial charge is 0.396 e. The first kappa shape index (κ1) is 11.3. The lowest BCUT2D eigenvalue weighted by Gasteiger charge is -2.27. The molecule has 4 heteroatoms. The van der Waals surface area contributed by atoms with Crippen LogP contribution in [0.15, 0.2) is 12.3 Å². The van der Waals surface area contributed by atoms with Crippen molar-refractivity contribution in [2.24, 2.45) is 0 Å². The molecule has 0 spiro atoms. The number of pyridine rings is 1. The number of nitrogens with two attached hydrogens (primary N) is 1. The molecule has 1 aromatic heterocycles. The Morgan fingerprint density at radius 2 is 2.27 bits per heavy atom. The fourth-order valence-corrected chi connectivity index (χ4v) is 1.54. The van der Waals surface area contributed by atoms with Gasteiger partial charge in [0.15, 0.2) is 5.82 Å². The lowest BCUT2D eigenvalue weighted by Crippen LogP contribution is -2.31. The Morgan fingerprint density at radius 1 is 1.60 bits per heavy atom. The molecule has 0 saturated heterocycles. The molecule has 0 bridgehead atoms. The van der Waals surface area contributed by atoms with Crippen LogP contribution in [0.1, 0.15) is 26.3 Å². The fraction of sp³-hybridized carbons (Fsp3) is 0.455. The maximum atomic E-state index is 8.70. The number of hydrogen-bond donors (Lipinski definition) is 1. The maximum absolute atomic E-state index is 8.70. The van der Waals surface area contributed by atoms with Crippen molar-refractivity contribution in [3.63, 3.8) is 0 Å². The van der Waals surface area contributed by atoms with Crippen LogP contribution in [0.25, 0.3) is 0 Å². The zero-order chi connectivity index (χ0) is 11.4. The van der Waals surface area contributed by atoms with E-state index in [0.717, 1.165) is 12.4 Å². The van der Waals surface area contributed by atoms with Crippen LogP contribution in [0.4, 0.5) is 11.5 Å². The molecule has 80 valence electrons. The van der Waals surface area contributed by atoms with Gasteiger partial charge in [-0.25, -0.2) is 4.98 Å². The minimum Gasteiger partial charge on any atom is -0.396 e. The summed E-state index contributed by atoms with van der Waals surface area (Å²) in [6, 6.07) is 4.03. The Morgan fingerprint density at radius 3 is 2.67 bits per heavy atom. The molecule has 0 aliphatic rings. The fourth-order valence-electron chi connectivity index (χ4n) is 1.54. The first-order valence-corrected chi connectivity index (χ1v) is 5.02. The summed E-state index contributed by atoms with van der Waals surface area (Å²) < 4.78 is 0. The number of rotatable bonds is 3. The van der Waals surface area contributed by atoms with E-state index >= 15 is 0 Å². The van der Waals surface area contributed by atoms with Crippen LogP contribution in [-0.4, -0.2) is 17.6 Å². The minimum absolute atomic E-state index is 0.345. The topological polar surface area (TPSA) is 65.9 Å². The smallest absolute Gasteiger partial charge is 0.152 e. The molecular formula is C11H16N4. The molecule has 0 saturated carbocycles. The molecule has 0 aromatic carbocycles. The quantitative estimate of drug-likeness (QED) is 0.814. The zero-order valence-corrected chi connectivity index (χ0v) is 9.36. The van der Waals surface area contributed by atoms with Crippen molar-refractivity contribution >= 4 is 11.5 Å². The Hall–Kier alpha value is -1.76. The Labute approximate surface area is 90.3 Å². The van der Waals surface area contributed by atoms with E-state index in [0.29, 0.717) is 17.3 Å². The van der Waals surface area contributed by atoms with Gasteiger partial charge in [-0.2, -0.15) is 5.26 Å². The van der Waals surface area contributed by atoms with E-state index in [4.69, 9.17) is 11.0 Å². The predicted octanol–water partition coefficient (Wildman–Crippen LogP) is 1.77. The van der Waals surface area contributed by atoms with Gasteiger partial charge in [0.05, 0.1) is 11.3 Å². The average Bonchev–Trinajstić information content (AvgIpc) is 2.20. The van der Waals surface area contributed by atoms with Crippen LogP contribution >= 0.6 is 0 Å². The third-order valence-corrected chi connectivity index (χ3v) is 2.26. The van der Waals surface area contributed by atoms with Crippen LogP contribution in [0.3, 0.4) is 0 Å². The lowest BCUT2D eigenvalue weighted by atomic mass is 10.2. The predicted molar refractivity (Wildman–Crippen MR) is 61.5 cm³/mol. The second-order valence-corrected chi connectivity index (χ2v) is 3.63. The highest BCUT2D eigenvalue weighted by atomic mass is 15.2. The van der Waals surface area contributed by atoms with E-state index in [1.165, 1.54) is 0 Å². The summed E-state index contributed by atoms with van der Waals surface area (Å²) >= 11 is 0. The molecule has 0 unspecified atom stereocenters. The number of aromatic nitrogens is 1. The Kier molecular flexibility index (Phi) is 3.51. The summed E-state index contributed by atoms with van der Waals surface area (Å²) in [7, 11) is 0. The lowest BCUT2D eigenvalue weighted by molar-refractivity contribution is 0.694. The molecule has 15 heavy (non-hydrogen) atoms. The second kappa shape index (κ2) is 4.65. The normalized spacial score (nSPS) is 10.1. The molecular weight excluding hydrogens is 188 g/mol. The van der Waals surface area contributed by atoms with Crippen molar-refractivity contribution < 1.29 is 0 Å². The van der Waals surface area contributed by atoms with Gasteiger partial charge in [-0.3, -0.25) is 0 Å². The molecule has 2 N–H and O–H groups in total. The van der Waals surface area contributed by atoms with E-state index in [2.05, 4.69) is 30.7 Å². The van der Waals surface area contributed by atoms with Crippen molar-refractivity contribution in [1.29, 1.82) is 5.26 Å². The van der Waals surface area contributed by atoms with Gasteiger partial charge in [-0.1, -0.05) is 0 Å². The van der Waals surface area contributed by atoms with Crippen molar-refractivity contribution in [2.75, 3.05) is 17.2 Å². The third-order valence-electron chi connectivity index (χ3n) is 2.26. The second-order valence-electron chi connectivity index (χ2n) is 3.63. The van der Waals surface area contributed by atoms with Crippen LogP contribution in [0.2, 0.25) is 0 Å². The Bertz CT molecular complexity index is 379. The third kappa shape index (κ3) is 2.38. The molecule has 0 aliphatic heterocycles. The van der Waals surface area contributed by atoms with E-state index in [1.54, 1.807) is 12.3 Å². The molecule has 0 radical (unpaired) electrons. The van der Waals surface area contributed by atoms with Crippen molar-refractivity contribution in [2.45, 2.75) is 26.8 Å². The first-order chi connectivity index (χ1) is 7.10. The molecule has 4 nitrogen and oxygen atoms in total. The number of nitrogens with zero attached hydrogens (tertiary/aromatic N) is 3. The van der Waals surface area contributed by atoms with E-state index in [9.17, 15) is 0 Å². The van der Waals surface area contributed by atoms with Gasteiger partial charge >= 0.3 is 0 Å². The molecule has 0 aliphatic carbocycles. The molecule has 1 heterocycles. The van der Waals surface area contributed by atoms with E-state index in [-0.39, 0.29) is 0 Å². The van der Waals surface area contributed by atoms with Gasteiger partial charge in [0.25, 0.3) is 0 Å². The molecule has 0 atom stereocenters. The van der Waals surface area contributed by atoms with Gasteiger partial charge in [0, 0.05) is 18.8 Å². The summed E-state index contributed by atoms with van der Waals surface area (Å²) in [4.78, 5) is 6.31. The van der Waals surface area contributed by atoms with E-state index < -0.39 is 0 Å². The average molecular weight is 204 g/mol. The van der Waals surface area contributed by atoms with Crippen LogP contribution in [0.5, 0.6) is 0 Å². The molecule has 1 aromatic rings. The summed E-state index contributed by atoms with van der Waals surface area (Å²) in [5, 5.41) is 8.70. The summed E-state index contributed by atoms with van der Waals surface area (Å²) in [6.45, 7) is 7.08. The van der Waals surface area contributed by atoms with Gasteiger partial charge in [0.2, 0.25) is 0 Å². The van der Waals surface area contributed by atoms with Gasteiger partial charge in [-0.05, 0) is 26.8 Å². The summed E-state index contributed by atoms with van der Waals surface area (Å²) in [5.41, 5.74) is 6.91. The highest BCUT2D eigenvalue weighted by molar-refractivity contribution is 5.64. The van der Waals surface area contributed by atoms with Gasteiger partial charge in [0.1, 0.15) is 6.07 Å². The Balaban J connectivity index is 3.10. The molecule has 0 fully saturated rings. The number of nitriles is 1. The van der Waals surface area contributed by atoms with E-state index in [1.807, 2.05) is 6.07 Å². The summed E-state index contributed by atoms with van der Waals surface area (Å²) in [6.07, 6.45) is 1.55. The highest BCUT2D eigenvalue weighted by Gasteiger charge is 2.13. The zero-order valence-electron chi connectivity index (χ0n) is 9.36. The number of nitrogen functional groups attached to an aromatic ring is 1. The van der Waals surface area contributed by atoms with Gasteiger partial charge < -0.3 is 10.6 Å². The monoisotopic (exact) mass is 204 g/mol. The van der Waals surface area contributed by atoms with Gasteiger partial charge in [-0.15, -0.1) is 0 Å². The SMILES string of the molecule is CCN(c1ncc(C#N)cc1N)C(C)C. The maximum Gasteiger partial charge on any atom is 0.152 e. The van der Waals surface area contributed by atoms with Crippen LogP contribution < -0.4 is 10.6 Å². The minimum atomic E-state index is 0.345. The summed E-state index contributed by atoms with van der Waals surface area (Å²) in [5.74, 6) is 0.756. The number of hydrogen-bond acceptors (Lipinski definition) is 4. The van der Waals surface area contributed by atoms with Crippen molar-refractivity contribution in [3.8, 4) is 6.07 Å². The first-order valence-electron chi connectivity index (χ1n) is 5.02. The number of anilines is 2.